The molecule has 1 aromatic carbocycles. The van der Waals surface area contributed by atoms with Crippen LogP contribution in [0.3, 0.4) is 0 Å². The monoisotopic (exact) mass is 265 g/mol. The molecule has 1 rings (SSSR count). The number of anilines is 2. The molecule has 106 valence electrons. The summed E-state index contributed by atoms with van der Waals surface area (Å²) in [6, 6.07) is 3.07. The summed E-state index contributed by atoms with van der Waals surface area (Å²) < 4.78 is 0. The fourth-order valence-electron chi connectivity index (χ4n) is 2.00. The Morgan fingerprint density at radius 2 is 2.00 bits per heavy atom. The number of unbranched alkanes of at least 4 members (excludes halogenated alkanes) is 1. The Labute approximate surface area is 114 Å². The number of aromatic carboxylic acids is 1. The third-order valence-corrected chi connectivity index (χ3v) is 3.26. The van der Waals surface area contributed by atoms with Crippen molar-refractivity contribution in [3.63, 3.8) is 0 Å². The smallest absolute Gasteiger partial charge is 0.336 e. The summed E-state index contributed by atoms with van der Waals surface area (Å²) in [5.41, 5.74) is 13.4. The van der Waals surface area contributed by atoms with E-state index in [2.05, 4.69) is 11.8 Å². The number of carboxylic acids is 1. The summed E-state index contributed by atoms with van der Waals surface area (Å²) in [6.45, 7) is 3.92. The minimum atomic E-state index is -0.960. The zero-order valence-corrected chi connectivity index (χ0v) is 11.6. The van der Waals surface area contributed by atoms with Gasteiger partial charge in [0.1, 0.15) is 0 Å². The van der Waals surface area contributed by atoms with Gasteiger partial charge >= 0.3 is 5.97 Å². The van der Waals surface area contributed by atoms with Crippen LogP contribution in [0.2, 0.25) is 0 Å². The first-order chi connectivity index (χ1) is 8.97. The first kappa shape index (κ1) is 15.3. The van der Waals surface area contributed by atoms with Crippen LogP contribution in [0.5, 0.6) is 0 Å². The lowest BCUT2D eigenvalue weighted by atomic mass is 10.0. The van der Waals surface area contributed by atoms with Crippen LogP contribution in [-0.2, 0) is 6.42 Å². The van der Waals surface area contributed by atoms with E-state index in [0.29, 0.717) is 23.4 Å². The van der Waals surface area contributed by atoms with Crippen molar-refractivity contribution in [2.24, 2.45) is 0 Å². The molecule has 5 nitrogen and oxygen atoms in total. The van der Waals surface area contributed by atoms with Crippen LogP contribution in [0.15, 0.2) is 12.1 Å². The van der Waals surface area contributed by atoms with Gasteiger partial charge in [-0.15, -0.1) is 0 Å². The van der Waals surface area contributed by atoms with Crippen LogP contribution >= 0.6 is 0 Å². The fraction of sp³-hybridized carbons (Fsp3) is 0.500. The second-order valence-electron chi connectivity index (χ2n) is 4.81. The highest BCUT2D eigenvalue weighted by Crippen LogP contribution is 2.24. The Morgan fingerprint density at radius 1 is 1.32 bits per heavy atom. The lowest BCUT2D eigenvalue weighted by Gasteiger charge is -2.18. The Bertz CT molecular complexity index is 447. The number of hydrogen-bond acceptors (Lipinski definition) is 4. The van der Waals surface area contributed by atoms with E-state index in [0.717, 1.165) is 25.9 Å². The van der Waals surface area contributed by atoms with Crippen LogP contribution in [0.25, 0.3) is 0 Å². The van der Waals surface area contributed by atoms with Gasteiger partial charge in [-0.2, -0.15) is 0 Å². The first-order valence-corrected chi connectivity index (χ1v) is 6.56. The van der Waals surface area contributed by atoms with Crippen LogP contribution in [-0.4, -0.2) is 36.1 Å². The lowest BCUT2D eigenvalue weighted by Crippen LogP contribution is -2.23. The molecule has 0 aliphatic heterocycles. The average molecular weight is 265 g/mol. The number of benzene rings is 1. The molecule has 5 N–H and O–H groups in total. The van der Waals surface area contributed by atoms with Crippen LogP contribution in [0, 0.1) is 0 Å². The summed E-state index contributed by atoms with van der Waals surface area (Å²) in [6.07, 6.45) is 2.87. The molecule has 0 saturated carbocycles. The highest BCUT2D eigenvalue weighted by Gasteiger charge is 2.15. The molecule has 0 fully saturated rings. The molecule has 0 bridgehead atoms. The summed E-state index contributed by atoms with van der Waals surface area (Å²) in [5.74, 6) is -0.960. The molecule has 0 amide bonds. The van der Waals surface area contributed by atoms with E-state index in [1.807, 2.05) is 7.05 Å². The predicted molar refractivity (Wildman–Crippen MR) is 78.3 cm³/mol. The maximum atomic E-state index is 11.2. The molecular weight excluding hydrogens is 242 g/mol. The van der Waals surface area contributed by atoms with E-state index in [1.54, 1.807) is 6.07 Å². The first-order valence-electron chi connectivity index (χ1n) is 6.56. The normalized spacial score (nSPS) is 10.9. The average Bonchev–Trinajstić information content (AvgIpc) is 2.37. The minimum absolute atomic E-state index is 0.246. The number of hydrogen-bond donors (Lipinski definition) is 3. The molecule has 1 aromatic rings. The molecule has 0 unspecified atom stereocenters. The van der Waals surface area contributed by atoms with E-state index in [1.165, 1.54) is 6.07 Å². The number of rotatable bonds is 7. The van der Waals surface area contributed by atoms with Crippen molar-refractivity contribution in [3.05, 3.63) is 23.3 Å². The third-order valence-electron chi connectivity index (χ3n) is 3.26. The molecule has 5 heteroatoms. The number of nitrogens with zero attached hydrogens (tertiary/aromatic N) is 1. The second kappa shape index (κ2) is 6.99. The second-order valence-corrected chi connectivity index (χ2v) is 4.81. The molecule has 0 atom stereocenters. The van der Waals surface area contributed by atoms with E-state index < -0.39 is 5.97 Å². The minimum Gasteiger partial charge on any atom is -0.478 e. The van der Waals surface area contributed by atoms with E-state index in [9.17, 15) is 9.90 Å². The van der Waals surface area contributed by atoms with E-state index >= 15 is 0 Å². The van der Waals surface area contributed by atoms with Gasteiger partial charge in [0, 0.05) is 6.54 Å². The summed E-state index contributed by atoms with van der Waals surface area (Å²) >= 11 is 0. The van der Waals surface area contributed by atoms with Crippen molar-refractivity contribution in [2.75, 3.05) is 31.6 Å². The van der Waals surface area contributed by atoms with Crippen molar-refractivity contribution in [2.45, 2.75) is 26.2 Å². The molecule has 19 heavy (non-hydrogen) atoms. The van der Waals surface area contributed by atoms with Gasteiger partial charge in [-0.05, 0) is 44.1 Å². The van der Waals surface area contributed by atoms with E-state index in [-0.39, 0.29) is 5.56 Å². The molecule has 0 aromatic heterocycles. The Hall–Kier alpha value is -1.75. The molecular formula is C14H23N3O2. The molecule has 0 aliphatic rings. The molecule has 0 saturated heterocycles. The van der Waals surface area contributed by atoms with Crippen molar-refractivity contribution >= 4 is 17.3 Å². The van der Waals surface area contributed by atoms with Crippen molar-refractivity contribution in [1.29, 1.82) is 0 Å². The number of likely N-dealkylation sites (N-methyl/N-ethyl adjacent to an activating group) is 1. The zero-order valence-electron chi connectivity index (χ0n) is 11.6. The Balaban J connectivity index is 2.81. The number of nitrogens with two attached hydrogens (primary N) is 2. The van der Waals surface area contributed by atoms with Gasteiger partial charge in [0.2, 0.25) is 0 Å². The zero-order chi connectivity index (χ0) is 14.4. The van der Waals surface area contributed by atoms with Gasteiger partial charge < -0.3 is 21.5 Å². The SMILES string of the molecule is CCCCN(C)CCc1c(C(=O)O)ccc(N)c1N. The fourth-order valence-corrected chi connectivity index (χ4v) is 2.00. The standard InChI is InChI=1S/C14H23N3O2/c1-3-4-8-17(2)9-7-10-11(14(18)19)5-6-12(15)13(10)16/h5-6H,3-4,7-9,15-16H2,1-2H3,(H,18,19). The van der Waals surface area contributed by atoms with Gasteiger partial charge in [-0.1, -0.05) is 13.3 Å². The van der Waals surface area contributed by atoms with Crippen molar-refractivity contribution in [1.82, 2.24) is 4.90 Å². The maximum Gasteiger partial charge on any atom is 0.336 e. The highest BCUT2D eigenvalue weighted by molar-refractivity contribution is 5.93. The van der Waals surface area contributed by atoms with Crippen LogP contribution in [0.1, 0.15) is 35.7 Å². The summed E-state index contributed by atoms with van der Waals surface area (Å²) in [4.78, 5) is 13.4. The van der Waals surface area contributed by atoms with Crippen molar-refractivity contribution in [3.8, 4) is 0 Å². The Morgan fingerprint density at radius 3 is 2.58 bits per heavy atom. The summed E-state index contributed by atoms with van der Waals surface area (Å²) in [5, 5.41) is 9.18. The highest BCUT2D eigenvalue weighted by atomic mass is 16.4. The third kappa shape index (κ3) is 4.13. The van der Waals surface area contributed by atoms with Gasteiger partial charge in [-0.3, -0.25) is 0 Å². The quantitative estimate of drug-likeness (QED) is 0.654. The van der Waals surface area contributed by atoms with Gasteiger partial charge in [0.15, 0.2) is 0 Å². The van der Waals surface area contributed by atoms with Gasteiger partial charge in [0.25, 0.3) is 0 Å². The Kier molecular flexibility index (Phi) is 5.63. The van der Waals surface area contributed by atoms with Crippen LogP contribution < -0.4 is 11.5 Å². The topological polar surface area (TPSA) is 92.6 Å². The maximum absolute atomic E-state index is 11.2. The molecule has 0 radical (unpaired) electrons. The van der Waals surface area contributed by atoms with E-state index in [4.69, 9.17) is 11.5 Å². The predicted octanol–water partition coefficient (Wildman–Crippen LogP) is 1.82. The van der Waals surface area contributed by atoms with Crippen molar-refractivity contribution < 1.29 is 9.90 Å². The largest absolute Gasteiger partial charge is 0.478 e. The summed E-state index contributed by atoms with van der Waals surface area (Å²) in [7, 11) is 2.03. The number of nitrogen functional groups attached to an aromatic ring is 2. The molecule has 0 spiro atoms. The molecule has 0 heterocycles. The van der Waals surface area contributed by atoms with Gasteiger partial charge in [-0.25, -0.2) is 4.79 Å². The number of carboxylic acid groups (broad SMARTS) is 1. The van der Waals surface area contributed by atoms with Crippen LogP contribution in [0.4, 0.5) is 11.4 Å². The molecule has 0 aliphatic carbocycles. The van der Waals surface area contributed by atoms with Gasteiger partial charge in [0.05, 0.1) is 16.9 Å². The number of carbonyl (C=O) groups is 1. The lowest BCUT2D eigenvalue weighted by molar-refractivity contribution is 0.0695.